The molecule has 0 fully saturated rings. The van der Waals surface area contributed by atoms with E-state index >= 15 is 0 Å². The molecule has 1 aromatic rings. The first kappa shape index (κ1) is 14.4. The topological polar surface area (TPSA) is 38.5 Å². The minimum Gasteiger partial charge on any atom is -0.497 e. The van der Waals surface area contributed by atoms with Crippen molar-refractivity contribution in [1.29, 1.82) is 0 Å². The van der Waals surface area contributed by atoms with Crippen molar-refractivity contribution < 1.29 is 4.74 Å². The summed E-state index contributed by atoms with van der Waals surface area (Å²) in [5.41, 5.74) is 8.94. The summed E-state index contributed by atoms with van der Waals surface area (Å²) in [5, 5.41) is 0. The van der Waals surface area contributed by atoms with Crippen LogP contribution in [0.15, 0.2) is 18.2 Å². The fourth-order valence-corrected chi connectivity index (χ4v) is 2.81. The van der Waals surface area contributed by atoms with E-state index in [1.165, 1.54) is 11.1 Å². The highest BCUT2D eigenvalue weighted by molar-refractivity contribution is 5.39. The van der Waals surface area contributed by atoms with Gasteiger partial charge >= 0.3 is 0 Å². The SMILES string of the molecule is COc1ccc2c(c1)CCN(C)C2CC(C)(C)CN. The predicted octanol–water partition coefficient (Wildman–Crippen LogP) is 2.60. The maximum Gasteiger partial charge on any atom is 0.119 e. The Hall–Kier alpha value is -1.06. The zero-order valence-electron chi connectivity index (χ0n) is 12.6. The van der Waals surface area contributed by atoms with Gasteiger partial charge < -0.3 is 10.5 Å². The van der Waals surface area contributed by atoms with E-state index in [4.69, 9.17) is 10.5 Å². The van der Waals surface area contributed by atoms with E-state index < -0.39 is 0 Å². The van der Waals surface area contributed by atoms with Crippen LogP contribution in [0, 0.1) is 5.41 Å². The van der Waals surface area contributed by atoms with Gasteiger partial charge in [-0.1, -0.05) is 19.9 Å². The molecule has 1 aliphatic rings. The van der Waals surface area contributed by atoms with E-state index in [9.17, 15) is 0 Å². The fraction of sp³-hybridized carbons (Fsp3) is 0.625. The molecule has 0 saturated heterocycles. The monoisotopic (exact) mass is 262 g/mol. The van der Waals surface area contributed by atoms with Gasteiger partial charge in [0.05, 0.1) is 7.11 Å². The van der Waals surface area contributed by atoms with Crippen molar-refractivity contribution in [2.45, 2.75) is 32.7 Å². The van der Waals surface area contributed by atoms with Crippen molar-refractivity contribution in [3.05, 3.63) is 29.3 Å². The number of benzene rings is 1. The summed E-state index contributed by atoms with van der Waals surface area (Å²) in [7, 11) is 3.94. The van der Waals surface area contributed by atoms with Crippen molar-refractivity contribution in [2.24, 2.45) is 11.1 Å². The summed E-state index contributed by atoms with van der Waals surface area (Å²) in [6.45, 7) is 6.32. The van der Waals surface area contributed by atoms with Crippen molar-refractivity contribution in [1.82, 2.24) is 4.90 Å². The summed E-state index contributed by atoms with van der Waals surface area (Å²) in [4.78, 5) is 2.45. The number of hydrogen-bond donors (Lipinski definition) is 1. The maximum atomic E-state index is 5.90. The summed E-state index contributed by atoms with van der Waals surface area (Å²) in [5.74, 6) is 0.958. The molecule has 1 atom stereocenters. The molecule has 3 nitrogen and oxygen atoms in total. The predicted molar refractivity (Wildman–Crippen MR) is 79.5 cm³/mol. The molecule has 0 aliphatic carbocycles. The van der Waals surface area contributed by atoms with Crippen molar-refractivity contribution in [3.8, 4) is 5.75 Å². The number of fused-ring (bicyclic) bond motifs is 1. The Balaban J connectivity index is 2.30. The number of hydrogen-bond acceptors (Lipinski definition) is 3. The highest BCUT2D eigenvalue weighted by atomic mass is 16.5. The Bertz CT molecular complexity index is 442. The van der Waals surface area contributed by atoms with E-state index in [0.717, 1.165) is 31.7 Å². The molecular weight excluding hydrogens is 236 g/mol. The lowest BCUT2D eigenvalue weighted by molar-refractivity contribution is 0.164. The largest absolute Gasteiger partial charge is 0.497 e. The minimum atomic E-state index is 0.174. The van der Waals surface area contributed by atoms with Gasteiger partial charge in [0.15, 0.2) is 0 Å². The van der Waals surface area contributed by atoms with Crippen LogP contribution in [0.1, 0.15) is 37.4 Å². The molecule has 1 unspecified atom stereocenters. The maximum absolute atomic E-state index is 5.90. The van der Waals surface area contributed by atoms with Crippen LogP contribution in [-0.2, 0) is 6.42 Å². The molecule has 106 valence electrons. The highest BCUT2D eigenvalue weighted by Crippen LogP contribution is 2.38. The zero-order chi connectivity index (χ0) is 14.0. The number of ether oxygens (including phenoxy) is 1. The normalized spacial score (nSPS) is 20.2. The Morgan fingerprint density at radius 1 is 1.42 bits per heavy atom. The van der Waals surface area contributed by atoms with E-state index in [1.807, 2.05) is 0 Å². The van der Waals surface area contributed by atoms with Crippen LogP contribution in [0.5, 0.6) is 5.75 Å². The van der Waals surface area contributed by atoms with Gasteiger partial charge in [0.1, 0.15) is 5.75 Å². The molecule has 0 bridgehead atoms. The van der Waals surface area contributed by atoms with Gasteiger partial charge in [-0.25, -0.2) is 0 Å². The van der Waals surface area contributed by atoms with Crippen LogP contribution < -0.4 is 10.5 Å². The van der Waals surface area contributed by atoms with Crippen LogP contribution in [0.2, 0.25) is 0 Å². The average molecular weight is 262 g/mol. The molecule has 19 heavy (non-hydrogen) atoms. The lowest BCUT2D eigenvalue weighted by Gasteiger charge is -2.39. The molecule has 0 amide bonds. The number of methoxy groups -OCH3 is 1. The van der Waals surface area contributed by atoms with Crippen LogP contribution >= 0.6 is 0 Å². The molecule has 2 N–H and O–H groups in total. The van der Waals surface area contributed by atoms with E-state index in [-0.39, 0.29) is 5.41 Å². The van der Waals surface area contributed by atoms with Crippen molar-refractivity contribution >= 4 is 0 Å². The second-order valence-corrected chi connectivity index (χ2v) is 6.38. The van der Waals surface area contributed by atoms with Gasteiger partial charge in [-0.3, -0.25) is 4.90 Å². The molecule has 0 aromatic heterocycles. The first-order valence-electron chi connectivity index (χ1n) is 7.04. The van der Waals surface area contributed by atoms with Gasteiger partial charge in [0.25, 0.3) is 0 Å². The smallest absolute Gasteiger partial charge is 0.119 e. The van der Waals surface area contributed by atoms with E-state index in [2.05, 4.69) is 44.0 Å². The number of likely N-dealkylation sites (N-methyl/N-ethyl adjacent to an activating group) is 1. The van der Waals surface area contributed by atoms with Gasteiger partial charge in [0, 0.05) is 12.6 Å². The van der Waals surface area contributed by atoms with Gasteiger partial charge in [-0.2, -0.15) is 0 Å². The molecule has 0 radical (unpaired) electrons. The minimum absolute atomic E-state index is 0.174. The van der Waals surface area contributed by atoms with Crippen LogP contribution in [0.25, 0.3) is 0 Å². The summed E-state index contributed by atoms with van der Waals surface area (Å²) >= 11 is 0. The number of rotatable bonds is 4. The fourth-order valence-electron chi connectivity index (χ4n) is 2.81. The molecule has 2 rings (SSSR count). The highest BCUT2D eigenvalue weighted by Gasteiger charge is 2.30. The van der Waals surface area contributed by atoms with Crippen molar-refractivity contribution in [2.75, 3.05) is 27.2 Å². The molecule has 3 heteroatoms. The summed E-state index contributed by atoms with van der Waals surface area (Å²) in [6.07, 6.45) is 2.20. The first-order valence-corrected chi connectivity index (χ1v) is 7.04. The summed E-state index contributed by atoms with van der Waals surface area (Å²) in [6, 6.07) is 6.94. The number of nitrogens with two attached hydrogens (primary N) is 1. The summed E-state index contributed by atoms with van der Waals surface area (Å²) < 4.78 is 5.33. The lowest BCUT2D eigenvalue weighted by atomic mass is 9.80. The quantitative estimate of drug-likeness (QED) is 0.906. The molecule has 1 aromatic carbocycles. The standard InChI is InChI=1S/C16H26N2O/c1-16(2,11-17)10-15-14-6-5-13(19-4)9-12(14)7-8-18(15)3/h5-6,9,15H,7-8,10-11,17H2,1-4H3. The lowest BCUT2D eigenvalue weighted by Crippen LogP contribution is -2.37. The molecular formula is C16H26N2O. The van der Waals surface area contributed by atoms with E-state index in [0.29, 0.717) is 6.04 Å². The second kappa shape index (κ2) is 5.51. The van der Waals surface area contributed by atoms with Gasteiger partial charge in [-0.15, -0.1) is 0 Å². The van der Waals surface area contributed by atoms with Gasteiger partial charge in [-0.05, 0) is 55.1 Å². The van der Waals surface area contributed by atoms with Crippen molar-refractivity contribution in [3.63, 3.8) is 0 Å². The third-order valence-corrected chi connectivity index (χ3v) is 4.27. The zero-order valence-corrected chi connectivity index (χ0v) is 12.6. The van der Waals surface area contributed by atoms with Gasteiger partial charge in [0.2, 0.25) is 0 Å². The number of nitrogens with zero attached hydrogens (tertiary/aromatic N) is 1. The Labute approximate surface area is 116 Å². The van der Waals surface area contributed by atoms with Crippen LogP contribution in [0.4, 0.5) is 0 Å². The molecule has 0 saturated carbocycles. The van der Waals surface area contributed by atoms with E-state index in [1.54, 1.807) is 7.11 Å². The third kappa shape index (κ3) is 3.10. The molecule has 1 aliphatic heterocycles. The second-order valence-electron chi connectivity index (χ2n) is 6.38. The third-order valence-electron chi connectivity index (χ3n) is 4.27. The molecule has 0 spiro atoms. The average Bonchev–Trinajstić information content (AvgIpc) is 2.41. The molecule has 1 heterocycles. The Kier molecular flexibility index (Phi) is 4.16. The van der Waals surface area contributed by atoms with Crippen LogP contribution in [-0.4, -0.2) is 32.1 Å². The first-order chi connectivity index (χ1) is 8.96. The Morgan fingerprint density at radius 2 is 2.16 bits per heavy atom. The Morgan fingerprint density at radius 3 is 2.79 bits per heavy atom. The van der Waals surface area contributed by atoms with Crippen LogP contribution in [0.3, 0.4) is 0 Å².